The predicted molar refractivity (Wildman–Crippen MR) is 80.0 cm³/mol. The largest absolute Gasteiger partial charge is 0.494 e. The predicted octanol–water partition coefficient (Wildman–Crippen LogP) is 3.55. The fourth-order valence-electron chi connectivity index (χ4n) is 1.69. The lowest BCUT2D eigenvalue weighted by atomic mass is 10.2. The molecule has 0 radical (unpaired) electrons. The lowest BCUT2D eigenvalue weighted by molar-refractivity contribution is 0.0922. The molecule has 0 aliphatic heterocycles. The van der Waals surface area contributed by atoms with Crippen LogP contribution in [0.2, 0.25) is 0 Å². The molecule has 4 nitrogen and oxygen atoms in total. The van der Waals surface area contributed by atoms with Gasteiger partial charge in [-0.2, -0.15) is 0 Å². The minimum Gasteiger partial charge on any atom is -0.494 e. The van der Waals surface area contributed by atoms with Crippen LogP contribution in [-0.4, -0.2) is 19.1 Å². The second-order valence-corrected chi connectivity index (χ2v) is 5.16. The normalized spacial score (nSPS) is 10.3. The molecular weight excluding hydrogens is 322 g/mol. The highest BCUT2D eigenvalue weighted by atomic mass is 79.9. The Balaban J connectivity index is 1.65. The van der Waals surface area contributed by atoms with Gasteiger partial charge in [-0.05, 0) is 59.1 Å². The van der Waals surface area contributed by atoms with Crippen LogP contribution in [0.3, 0.4) is 0 Å². The number of hydrogen-bond donors (Lipinski definition) is 1. The van der Waals surface area contributed by atoms with Gasteiger partial charge in [-0.25, -0.2) is 0 Å². The van der Waals surface area contributed by atoms with Crippen molar-refractivity contribution < 1.29 is 13.9 Å². The maximum Gasteiger partial charge on any atom is 0.287 e. The highest BCUT2D eigenvalue weighted by Gasteiger charge is 2.08. The molecule has 106 valence electrons. The van der Waals surface area contributed by atoms with Gasteiger partial charge in [-0.1, -0.05) is 12.1 Å². The third-order valence-corrected chi connectivity index (χ3v) is 3.09. The molecule has 0 aliphatic rings. The molecule has 0 bridgehead atoms. The van der Waals surface area contributed by atoms with Crippen molar-refractivity contribution in [1.29, 1.82) is 0 Å². The Kier molecular flexibility index (Phi) is 5.24. The average molecular weight is 338 g/mol. The number of aryl methyl sites for hydroxylation is 1. The summed E-state index contributed by atoms with van der Waals surface area (Å²) in [5.41, 5.74) is 1.17. The molecule has 5 heteroatoms. The van der Waals surface area contributed by atoms with E-state index in [1.807, 2.05) is 31.2 Å². The van der Waals surface area contributed by atoms with E-state index < -0.39 is 0 Å². The molecule has 0 spiro atoms. The van der Waals surface area contributed by atoms with E-state index >= 15 is 0 Å². The second kappa shape index (κ2) is 7.14. The first-order valence-corrected chi connectivity index (χ1v) is 7.17. The maximum absolute atomic E-state index is 11.7. The number of carbonyl (C=O) groups excluding carboxylic acids is 1. The van der Waals surface area contributed by atoms with E-state index in [1.165, 1.54) is 5.56 Å². The SMILES string of the molecule is Cc1cccc(OCCCNC(=O)c2ccc(Br)o2)c1. The molecular formula is C15H16BrNO3. The van der Waals surface area contributed by atoms with Gasteiger partial charge >= 0.3 is 0 Å². The molecule has 0 fully saturated rings. The van der Waals surface area contributed by atoms with E-state index in [0.717, 1.165) is 12.2 Å². The summed E-state index contributed by atoms with van der Waals surface area (Å²) >= 11 is 3.16. The standard InChI is InChI=1S/C15H16BrNO3/c1-11-4-2-5-12(10-11)19-9-3-8-17-15(18)13-6-7-14(16)20-13/h2,4-7,10H,3,8-9H2,1H3,(H,17,18). The van der Waals surface area contributed by atoms with Crippen LogP contribution in [0.5, 0.6) is 5.75 Å². The fourth-order valence-corrected chi connectivity index (χ4v) is 2.00. The number of hydrogen-bond acceptors (Lipinski definition) is 3. The number of halogens is 1. The van der Waals surface area contributed by atoms with Crippen molar-refractivity contribution in [3.63, 3.8) is 0 Å². The van der Waals surface area contributed by atoms with Crippen LogP contribution in [0.25, 0.3) is 0 Å². The molecule has 0 atom stereocenters. The highest BCUT2D eigenvalue weighted by Crippen LogP contribution is 2.14. The fraction of sp³-hybridized carbons (Fsp3) is 0.267. The van der Waals surface area contributed by atoms with Crippen LogP contribution in [0.1, 0.15) is 22.5 Å². The zero-order valence-electron chi connectivity index (χ0n) is 11.2. The number of furan rings is 1. The number of carbonyl (C=O) groups is 1. The van der Waals surface area contributed by atoms with Gasteiger partial charge in [0, 0.05) is 6.54 Å². The number of amides is 1. The molecule has 0 aliphatic carbocycles. The summed E-state index contributed by atoms with van der Waals surface area (Å²) in [5.74, 6) is 0.939. The Morgan fingerprint density at radius 3 is 2.90 bits per heavy atom. The first-order chi connectivity index (χ1) is 9.65. The van der Waals surface area contributed by atoms with Crippen LogP contribution < -0.4 is 10.1 Å². The van der Waals surface area contributed by atoms with Gasteiger partial charge in [-0.3, -0.25) is 4.79 Å². The number of nitrogens with one attached hydrogen (secondary N) is 1. The Morgan fingerprint density at radius 1 is 1.35 bits per heavy atom. The third-order valence-electron chi connectivity index (χ3n) is 2.66. The molecule has 2 aromatic rings. The number of rotatable bonds is 6. The zero-order chi connectivity index (χ0) is 14.4. The van der Waals surface area contributed by atoms with Gasteiger partial charge in [0.25, 0.3) is 5.91 Å². The third kappa shape index (κ3) is 4.42. The van der Waals surface area contributed by atoms with Crippen LogP contribution in [0, 0.1) is 6.92 Å². The van der Waals surface area contributed by atoms with Crippen molar-refractivity contribution in [3.05, 3.63) is 52.4 Å². The summed E-state index contributed by atoms with van der Waals surface area (Å²) in [6.45, 7) is 3.13. The molecule has 0 saturated carbocycles. The van der Waals surface area contributed by atoms with E-state index in [2.05, 4.69) is 21.2 Å². The van der Waals surface area contributed by atoms with Gasteiger partial charge in [0.2, 0.25) is 0 Å². The molecule has 2 rings (SSSR count). The molecule has 1 amide bonds. The van der Waals surface area contributed by atoms with Gasteiger partial charge in [0.05, 0.1) is 6.61 Å². The molecule has 1 aromatic heterocycles. The summed E-state index contributed by atoms with van der Waals surface area (Å²) in [6.07, 6.45) is 0.738. The average Bonchev–Trinajstić information content (AvgIpc) is 2.85. The summed E-state index contributed by atoms with van der Waals surface area (Å²) in [5, 5.41) is 2.78. The monoisotopic (exact) mass is 337 g/mol. The molecule has 0 unspecified atom stereocenters. The Labute approximate surface area is 126 Å². The van der Waals surface area contributed by atoms with Crippen molar-refractivity contribution in [2.45, 2.75) is 13.3 Å². The van der Waals surface area contributed by atoms with Crippen LogP contribution in [-0.2, 0) is 0 Å². The van der Waals surface area contributed by atoms with Crippen molar-refractivity contribution in [2.24, 2.45) is 0 Å². The van der Waals surface area contributed by atoms with Crippen molar-refractivity contribution >= 4 is 21.8 Å². The molecule has 0 saturated heterocycles. The van der Waals surface area contributed by atoms with E-state index in [-0.39, 0.29) is 5.91 Å². The quantitative estimate of drug-likeness (QED) is 0.820. The van der Waals surface area contributed by atoms with E-state index in [0.29, 0.717) is 23.6 Å². The van der Waals surface area contributed by atoms with E-state index in [1.54, 1.807) is 12.1 Å². The van der Waals surface area contributed by atoms with Gasteiger partial charge in [0.15, 0.2) is 10.4 Å². The van der Waals surface area contributed by atoms with Crippen LogP contribution in [0.4, 0.5) is 0 Å². The van der Waals surface area contributed by atoms with Crippen molar-refractivity contribution in [2.75, 3.05) is 13.2 Å². The number of benzene rings is 1. The minimum absolute atomic E-state index is 0.216. The van der Waals surface area contributed by atoms with E-state index in [9.17, 15) is 4.79 Å². The van der Waals surface area contributed by atoms with Crippen LogP contribution in [0.15, 0.2) is 45.5 Å². The Morgan fingerprint density at radius 2 is 2.20 bits per heavy atom. The van der Waals surface area contributed by atoms with Gasteiger partial charge in [-0.15, -0.1) is 0 Å². The summed E-state index contributed by atoms with van der Waals surface area (Å²) in [6, 6.07) is 11.2. The summed E-state index contributed by atoms with van der Waals surface area (Å²) in [4.78, 5) is 11.7. The Bertz CT molecular complexity index is 580. The molecule has 1 heterocycles. The first kappa shape index (κ1) is 14.7. The van der Waals surface area contributed by atoms with Crippen molar-refractivity contribution in [3.8, 4) is 5.75 Å². The molecule has 1 N–H and O–H groups in total. The summed E-state index contributed by atoms with van der Waals surface area (Å²) < 4.78 is 11.3. The Hall–Kier alpha value is -1.75. The minimum atomic E-state index is -0.216. The topological polar surface area (TPSA) is 51.5 Å². The maximum atomic E-state index is 11.7. The zero-order valence-corrected chi connectivity index (χ0v) is 12.8. The number of ether oxygens (including phenoxy) is 1. The highest BCUT2D eigenvalue weighted by molar-refractivity contribution is 9.10. The van der Waals surface area contributed by atoms with Gasteiger partial charge in [0.1, 0.15) is 5.75 Å². The molecule has 20 heavy (non-hydrogen) atoms. The molecule has 1 aromatic carbocycles. The smallest absolute Gasteiger partial charge is 0.287 e. The van der Waals surface area contributed by atoms with Crippen molar-refractivity contribution in [1.82, 2.24) is 5.32 Å². The van der Waals surface area contributed by atoms with Crippen LogP contribution >= 0.6 is 15.9 Å². The lowest BCUT2D eigenvalue weighted by Crippen LogP contribution is -2.25. The first-order valence-electron chi connectivity index (χ1n) is 6.38. The van der Waals surface area contributed by atoms with E-state index in [4.69, 9.17) is 9.15 Å². The summed E-state index contributed by atoms with van der Waals surface area (Å²) in [7, 11) is 0. The lowest BCUT2D eigenvalue weighted by Gasteiger charge is -2.07. The second-order valence-electron chi connectivity index (χ2n) is 4.38. The van der Waals surface area contributed by atoms with Gasteiger partial charge < -0.3 is 14.5 Å².